The molecule has 0 radical (unpaired) electrons. The Labute approximate surface area is 199 Å². The van der Waals surface area contributed by atoms with Gasteiger partial charge in [0.1, 0.15) is 18.3 Å². The Balaban J connectivity index is 1.91. The normalized spacial score (nSPS) is 13.2. The van der Waals surface area contributed by atoms with Crippen molar-refractivity contribution in [2.24, 2.45) is 0 Å². The molecule has 0 unspecified atom stereocenters. The number of hydrogen-bond acceptors (Lipinski definition) is 7. The van der Waals surface area contributed by atoms with Crippen LogP contribution in [0.1, 0.15) is 19.4 Å². The highest BCUT2D eigenvalue weighted by Gasteiger charge is 2.30. The first-order valence-corrected chi connectivity index (χ1v) is 12.6. The topological polar surface area (TPSA) is 114 Å². The molecule has 184 valence electrons. The van der Waals surface area contributed by atoms with Gasteiger partial charge in [-0.15, -0.1) is 0 Å². The van der Waals surface area contributed by atoms with Crippen LogP contribution in [0.25, 0.3) is 0 Å². The first-order valence-electron chi connectivity index (χ1n) is 10.7. The summed E-state index contributed by atoms with van der Waals surface area (Å²) < 4.78 is 42.1. The molecule has 1 heterocycles. The number of nitrogens with one attached hydrogen (secondary N) is 1. The number of sulfonamides is 1. The third-order valence-corrected chi connectivity index (χ3v) is 6.47. The fraction of sp³-hybridized carbons (Fsp3) is 0.391. The summed E-state index contributed by atoms with van der Waals surface area (Å²) in [5, 5.41) is 2.71. The van der Waals surface area contributed by atoms with Gasteiger partial charge < -0.3 is 24.4 Å². The molecule has 1 aliphatic heterocycles. The maximum atomic E-state index is 13.5. The number of benzene rings is 2. The second-order valence-corrected chi connectivity index (χ2v) is 9.66. The van der Waals surface area contributed by atoms with Gasteiger partial charge in [-0.05, 0) is 43.7 Å². The Morgan fingerprint density at radius 2 is 1.88 bits per heavy atom. The molecule has 0 bridgehead atoms. The second-order valence-electron chi connectivity index (χ2n) is 7.75. The van der Waals surface area contributed by atoms with E-state index in [9.17, 15) is 18.0 Å². The smallest absolute Gasteiger partial charge is 0.244 e. The van der Waals surface area contributed by atoms with Crippen LogP contribution in [0.4, 0.5) is 5.69 Å². The third-order valence-electron chi connectivity index (χ3n) is 5.33. The summed E-state index contributed by atoms with van der Waals surface area (Å²) in [6.45, 7) is 3.42. The molecular formula is C23H29N3O7S. The van der Waals surface area contributed by atoms with Gasteiger partial charge in [0.2, 0.25) is 28.6 Å². The van der Waals surface area contributed by atoms with Crippen LogP contribution in [0.2, 0.25) is 0 Å². The van der Waals surface area contributed by atoms with E-state index < -0.39 is 28.5 Å². The van der Waals surface area contributed by atoms with E-state index in [1.165, 1.54) is 18.1 Å². The van der Waals surface area contributed by atoms with Crippen molar-refractivity contribution in [1.29, 1.82) is 0 Å². The zero-order chi connectivity index (χ0) is 24.9. The molecule has 10 nitrogen and oxygen atoms in total. The summed E-state index contributed by atoms with van der Waals surface area (Å²) >= 11 is 0. The van der Waals surface area contributed by atoms with Crippen LogP contribution in [-0.4, -0.2) is 64.4 Å². The fourth-order valence-electron chi connectivity index (χ4n) is 3.53. The number of anilines is 1. The first kappa shape index (κ1) is 25.2. The van der Waals surface area contributed by atoms with Crippen LogP contribution in [-0.2, 0) is 26.2 Å². The number of carbonyl (C=O) groups excluding carboxylic acids is 2. The van der Waals surface area contributed by atoms with Crippen LogP contribution in [0.15, 0.2) is 42.5 Å². The van der Waals surface area contributed by atoms with Crippen LogP contribution in [0.5, 0.6) is 17.2 Å². The van der Waals surface area contributed by atoms with Gasteiger partial charge in [-0.25, -0.2) is 8.42 Å². The Morgan fingerprint density at radius 1 is 1.15 bits per heavy atom. The summed E-state index contributed by atoms with van der Waals surface area (Å²) in [5.74, 6) is 0.613. The van der Waals surface area contributed by atoms with Crippen molar-refractivity contribution >= 4 is 27.5 Å². The first-order chi connectivity index (χ1) is 16.1. The average molecular weight is 492 g/mol. The van der Waals surface area contributed by atoms with E-state index in [2.05, 4.69) is 5.32 Å². The van der Waals surface area contributed by atoms with Gasteiger partial charge in [-0.3, -0.25) is 13.9 Å². The standard InChI is InChI=1S/C23H29N3O7S/c1-5-24-23(28)16(2)25(13-17-7-6-8-19(11-17)31-3)22(27)14-26(34(4,29)30)18-9-10-20-21(12-18)33-15-32-20/h6-12,16H,5,13-15H2,1-4H3,(H,24,28)/t16-/m0/s1. The largest absolute Gasteiger partial charge is 0.497 e. The van der Waals surface area contributed by atoms with Gasteiger partial charge >= 0.3 is 0 Å². The fourth-order valence-corrected chi connectivity index (χ4v) is 4.37. The minimum atomic E-state index is -3.83. The van der Waals surface area contributed by atoms with Crippen molar-refractivity contribution in [1.82, 2.24) is 10.2 Å². The highest BCUT2D eigenvalue weighted by molar-refractivity contribution is 7.92. The number of amides is 2. The number of hydrogen-bond donors (Lipinski definition) is 1. The molecule has 0 saturated carbocycles. The zero-order valence-electron chi connectivity index (χ0n) is 19.6. The number of likely N-dealkylation sites (N-methyl/N-ethyl adjacent to an activating group) is 1. The van der Waals surface area contributed by atoms with Gasteiger partial charge in [0.25, 0.3) is 0 Å². The van der Waals surface area contributed by atoms with Crippen molar-refractivity contribution in [3.05, 3.63) is 48.0 Å². The van der Waals surface area contributed by atoms with Crippen molar-refractivity contribution in [2.75, 3.05) is 37.6 Å². The van der Waals surface area contributed by atoms with E-state index in [0.29, 0.717) is 23.8 Å². The Hall–Kier alpha value is -3.47. The van der Waals surface area contributed by atoms with Crippen molar-refractivity contribution in [3.63, 3.8) is 0 Å². The molecule has 2 aromatic rings. The highest BCUT2D eigenvalue weighted by Crippen LogP contribution is 2.36. The van der Waals surface area contributed by atoms with E-state index in [4.69, 9.17) is 14.2 Å². The van der Waals surface area contributed by atoms with E-state index in [-0.39, 0.29) is 24.9 Å². The minimum absolute atomic E-state index is 0.0367. The summed E-state index contributed by atoms with van der Waals surface area (Å²) in [4.78, 5) is 27.4. The number of nitrogens with zero attached hydrogens (tertiary/aromatic N) is 2. The van der Waals surface area contributed by atoms with E-state index in [1.807, 2.05) is 0 Å². The number of ether oxygens (including phenoxy) is 3. The lowest BCUT2D eigenvalue weighted by Gasteiger charge is -2.31. The summed E-state index contributed by atoms with van der Waals surface area (Å²) in [5.41, 5.74) is 0.991. The molecule has 0 aromatic heterocycles. The number of carbonyl (C=O) groups is 2. The van der Waals surface area contributed by atoms with Gasteiger partial charge in [0, 0.05) is 19.2 Å². The molecule has 34 heavy (non-hydrogen) atoms. The van der Waals surface area contributed by atoms with Crippen molar-refractivity contribution < 1.29 is 32.2 Å². The quantitative estimate of drug-likeness (QED) is 0.538. The molecule has 0 saturated heterocycles. The van der Waals surface area contributed by atoms with Gasteiger partial charge in [0.05, 0.1) is 19.1 Å². The summed E-state index contributed by atoms with van der Waals surface area (Å²) in [6, 6.07) is 10.9. The molecule has 2 amide bonds. The molecule has 0 fully saturated rings. The van der Waals surface area contributed by atoms with E-state index >= 15 is 0 Å². The average Bonchev–Trinajstić information content (AvgIpc) is 3.28. The van der Waals surface area contributed by atoms with E-state index in [0.717, 1.165) is 16.1 Å². The van der Waals surface area contributed by atoms with Crippen LogP contribution in [0.3, 0.4) is 0 Å². The molecule has 1 aliphatic rings. The molecule has 1 atom stereocenters. The number of methoxy groups -OCH3 is 1. The molecule has 2 aromatic carbocycles. The predicted molar refractivity (Wildman–Crippen MR) is 126 cm³/mol. The molecular weight excluding hydrogens is 462 g/mol. The van der Waals surface area contributed by atoms with E-state index in [1.54, 1.807) is 50.2 Å². The second kappa shape index (κ2) is 10.6. The third kappa shape index (κ3) is 5.90. The maximum Gasteiger partial charge on any atom is 0.244 e. The summed E-state index contributed by atoms with van der Waals surface area (Å²) in [6.07, 6.45) is 1.02. The molecule has 3 rings (SSSR count). The minimum Gasteiger partial charge on any atom is -0.497 e. The van der Waals surface area contributed by atoms with Crippen molar-refractivity contribution in [2.45, 2.75) is 26.4 Å². The summed E-state index contributed by atoms with van der Waals surface area (Å²) in [7, 11) is -2.30. The molecule has 1 N–H and O–H groups in total. The predicted octanol–water partition coefficient (Wildman–Crippen LogP) is 1.74. The van der Waals surface area contributed by atoms with Crippen LogP contribution < -0.4 is 23.8 Å². The zero-order valence-corrected chi connectivity index (χ0v) is 20.4. The SMILES string of the molecule is CCNC(=O)[C@H](C)N(Cc1cccc(OC)c1)C(=O)CN(c1ccc2c(c1)OCO2)S(C)(=O)=O. The van der Waals surface area contributed by atoms with Crippen LogP contribution in [0, 0.1) is 0 Å². The highest BCUT2D eigenvalue weighted by atomic mass is 32.2. The molecule has 0 spiro atoms. The molecule has 11 heteroatoms. The van der Waals surface area contributed by atoms with Crippen LogP contribution >= 0.6 is 0 Å². The maximum absolute atomic E-state index is 13.5. The lowest BCUT2D eigenvalue weighted by molar-refractivity contribution is -0.139. The Kier molecular flexibility index (Phi) is 7.87. The number of fused-ring (bicyclic) bond motifs is 1. The lowest BCUT2D eigenvalue weighted by Crippen LogP contribution is -2.51. The number of rotatable bonds is 10. The molecule has 0 aliphatic carbocycles. The monoisotopic (exact) mass is 491 g/mol. The van der Waals surface area contributed by atoms with Crippen molar-refractivity contribution in [3.8, 4) is 17.2 Å². The van der Waals surface area contributed by atoms with Gasteiger partial charge in [-0.2, -0.15) is 0 Å². The van der Waals surface area contributed by atoms with Gasteiger partial charge in [0.15, 0.2) is 11.5 Å². The lowest BCUT2D eigenvalue weighted by atomic mass is 10.1. The van der Waals surface area contributed by atoms with Gasteiger partial charge in [-0.1, -0.05) is 12.1 Å². The Bertz CT molecular complexity index is 1150. The Morgan fingerprint density at radius 3 is 2.56 bits per heavy atom.